The van der Waals surface area contributed by atoms with E-state index in [1.165, 1.54) is 24.5 Å². The van der Waals surface area contributed by atoms with E-state index >= 15 is 0 Å². The third kappa shape index (κ3) is 3.95. The van der Waals surface area contributed by atoms with E-state index in [-0.39, 0.29) is 5.56 Å². The molecule has 11 heteroatoms. The van der Waals surface area contributed by atoms with Crippen molar-refractivity contribution in [1.82, 2.24) is 15.1 Å². The van der Waals surface area contributed by atoms with Gasteiger partial charge in [-0.2, -0.15) is 0 Å². The zero-order valence-electron chi connectivity index (χ0n) is 20.2. The van der Waals surface area contributed by atoms with Gasteiger partial charge in [0.25, 0.3) is 0 Å². The van der Waals surface area contributed by atoms with Crippen LogP contribution >= 0.6 is 34.5 Å². The summed E-state index contributed by atoms with van der Waals surface area (Å²) in [5, 5.41) is 15.6. The second-order valence-electron chi connectivity index (χ2n) is 10.1. The van der Waals surface area contributed by atoms with Crippen LogP contribution in [0.25, 0.3) is 27.6 Å². The number of benzene rings is 1. The number of rotatable bonds is 7. The lowest BCUT2D eigenvalue weighted by molar-refractivity contribution is 0.0696. The molecule has 1 aromatic carbocycles. The maximum absolute atomic E-state index is 11.5. The smallest absolute Gasteiger partial charge is 0.335 e. The third-order valence-corrected chi connectivity index (χ3v) is 9.36. The Balaban J connectivity index is 1.11. The number of aromatic carboxylic acids is 1. The quantitative estimate of drug-likeness (QED) is 0.265. The van der Waals surface area contributed by atoms with E-state index in [1.54, 1.807) is 18.5 Å². The number of fused-ring (bicyclic) bond motifs is 2. The molecular weight excluding hydrogens is 547 g/mol. The molecule has 0 radical (unpaired) electrons. The molecule has 194 valence electrons. The normalized spacial score (nSPS) is 22.4. The number of anilines is 1. The molecule has 0 spiro atoms. The lowest BCUT2D eigenvalue weighted by Gasteiger charge is -2.17. The number of hydrogen-bond donors (Lipinski definition) is 1. The maximum Gasteiger partial charge on any atom is 0.335 e. The van der Waals surface area contributed by atoms with E-state index in [0.29, 0.717) is 56.2 Å². The number of carbonyl (C=O) groups is 1. The molecule has 7 rings (SSSR count). The summed E-state index contributed by atoms with van der Waals surface area (Å²) in [6.07, 6.45) is 9.74. The number of halogens is 2. The Labute approximate surface area is 231 Å². The van der Waals surface area contributed by atoms with Crippen molar-refractivity contribution in [2.75, 3.05) is 25.1 Å². The van der Waals surface area contributed by atoms with Gasteiger partial charge in [0, 0.05) is 42.5 Å². The van der Waals surface area contributed by atoms with Crippen molar-refractivity contribution in [1.29, 1.82) is 0 Å². The standard InChI is InChI=1S/C27H22Cl2N4O4S/c1-36-20-6-13(26(34)35)7-21-24(20)31-27(38-21)33-10-16-14(17(16)11-33)4-5-15-23(32-37-25(15)12-2-3-12)22-18(28)8-30-9-19(22)29/h4-9,12,14,16-17H,2-3,10-11H2,1H3,(H,34,35)/b5-4+. The number of carboxylic acid groups (broad SMARTS) is 1. The van der Waals surface area contributed by atoms with E-state index in [4.69, 9.17) is 37.4 Å². The number of carboxylic acids is 1. The molecule has 3 aliphatic rings. The maximum atomic E-state index is 11.5. The Kier molecular flexibility index (Phi) is 5.65. The molecule has 0 bridgehead atoms. The van der Waals surface area contributed by atoms with Crippen LogP contribution in [0.3, 0.4) is 0 Å². The first-order chi connectivity index (χ1) is 18.4. The molecule has 1 saturated heterocycles. The molecule has 0 amide bonds. The van der Waals surface area contributed by atoms with Gasteiger partial charge < -0.3 is 19.3 Å². The Morgan fingerprint density at radius 1 is 1.21 bits per heavy atom. The zero-order chi connectivity index (χ0) is 26.1. The largest absolute Gasteiger partial charge is 0.494 e. The van der Waals surface area contributed by atoms with Gasteiger partial charge in [0.2, 0.25) is 0 Å². The average molecular weight is 569 g/mol. The Morgan fingerprint density at radius 2 is 1.95 bits per heavy atom. The Morgan fingerprint density at radius 3 is 2.61 bits per heavy atom. The van der Waals surface area contributed by atoms with E-state index in [1.807, 2.05) is 0 Å². The zero-order valence-corrected chi connectivity index (χ0v) is 22.6. The monoisotopic (exact) mass is 568 g/mol. The highest BCUT2D eigenvalue weighted by atomic mass is 35.5. The van der Waals surface area contributed by atoms with Crippen LogP contribution in [0.15, 0.2) is 35.1 Å². The summed E-state index contributed by atoms with van der Waals surface area (Å²) in [5.41, 5.74) is 3.18. The van der Waals surface area contributed by atoms with Gasteiger partial charge in [-0.15, -0.1) is 0 Å². The van der Waals surface area contributed by atoms with Crippen LogP contribution in [0, 0.1) is 17.8 Å². The van der Waals surface area contributed by atoms with Gasteiger partial charge in [0.15, 0.2) is 5.13 Å². The molecular formula is C27H22Cl2N4O4S. The summed E-state index contributed by atoms with van der Waals surface area (Å²) in [5.74, 6) is 2.33. The van der Waals surface area contributed by atoms with Gasteiger partial charge in [-0.1, -0.05) is 51.8 Å². The van der Waals surface area contributed by atoms with E-state index in [9.17, 15) is 9.90 Å². The summed E-state index contributed by atoms with van der Waals surface area (Å²) < 4.78 is 12.0. The molecule has 2 unspecified atom stereocenters. The summed E-state index contributed by atoms with van der Waals surface area (Å²) >= 11 is 14.4. The van der Waals surface area contributed by atoms with E-state index in [2.05, 4.69) is 27.2 Å². The van der Waals surface area contributed by atoms with Crippen molar-refractivity contribution in [2.45, 2.75) is 18.8 Å². The van der Waals surface area contributed by atoms with Crippen molar-refractivity contribution in [3.8, 4) is 17.0 Å². The fourth-order valence-electron chi connectivity index (χ4n) is 5.55. The number of methoxy groups -OCH3 is 1. The molecule has 3 aromatic heterocycles. The second-order valence-corrected chi connectivity index (χ2v) is 11.9. The van der Waals surface area contributed by atoms with Gasteiger partial charge in [0.05, 0.1) is 27.4 Å². The average Bonchev–Trinajstić information content (AvgIpc) is 3.66. The highest BCUT2D eigenvalue weighted by molar-refractivity contribution is 7.22. The number of pyridine rings is 1. The molecule has 4 aromatic rings. The number of allylic oxidation sites excluding steroid dienone is 1. The third-order valence-electron chi connectivity index (χ3n) is 7.73. The van der Waals surface area contributed by atoms with Gasteiger partial charge in [-0.3, -0.25) is 4.98 Å². The predicted octanol–water partition coefficient (Wildman–Crippen LogP) is 6.63. The van der Waals surface area contributed by atoms with Crippen LogP contribution in [0.5, 0.6) is 5.75 Å². The summed E-state index contributed by atoms with van der Waals surface area (Å²) in [7, 11) is 1.54. The lowest BCUT2D eigenvalue weighted by Crippen LogP contribution is -2.23. The highest BCUT2D eigenvalue weighted by Gasteiger charge is 2.54. The van der Waals surface area contributed by atoms with Crippen molar-refractivity contribution in [2.24, 2.45) is 17.8 Å². The summed E-state index contributed by atoms with van der Waals surface area (Å²) in [6.45, 7) is 1.81. The SMILES string of the molecule is COc1cc(C(=O)O)cc2sc(N3CC4C(/C=C/c5c(-c6c(Cl)cncc6Cl)noc5C5CC5)C4C3)nc12. The predicted molar refractivity (Wildman–Crippen MR) is 147 cm³/mol. The minimum Gasteiger partial charge on any atom is -0.494 e. The van der Waals surface area contributed by atoms with Crippen molar-refractivity contribution >= 4 is 61.9 Å². The second kappa shape index (κ2) is 8.97. The number of nitrogens with zero attached hydrogens (tertiary/aromatic N) is 4. The van der Waals surface area contributed by atoms with Gasteiger partial charge in [-0.05, 0) is 42.7 Å². The van der Waals surface area contributed by atoms with Crippen molar-refractivity contribution < 1.29 is 19.2 Å². The molecule has 1 aliphatic heterocycles. The first kappa shape index (κ1) is 23.9. The Bertz CT molecular complexity index is 1600. The molecule has 38 heavy (non-hydrogen) atoms. The van der Waals surface area contributed by atoms with Gasteiger partial charge in [0.1, 0.15) is 22.7 Å². The molecule has 4 heterocycles. The summed E-state index contributed by atoms with van der Waals surface area (Å²) in [4.78, 5) is 22.6. The summed E-state index contributed by atoms with van der Waals surface area (Å²) in [6, 6.07) is 3.19. The first-order valence-corrected chi connectivity index (χ1v) is 13.9. The van der Waals surface area contributed by atoms with E-state index < -0.39 is 5.97 Å². The van der Waals surface area contributed by atoms with Crippen molar-refractivity contribution in [3.63, 3.8) is 0 Å². The molecule has 2 aliphatic carbocycles. The lowest BCUT2D eigenvalue weighted by atomic mass is 10.0. The minimum absolute atomic E-state index is 0.201. The molecule has 8 nitrogen and oxygen atoms in total. The number of hydrogen-bond acceptors (Lipinski definition) is 8. The molecule has 1 N–H and O–H groups in total. The Hall–Kier alpha value is -3.14. The molecule has 3 fully saturated rings. The van der Waals surface area contributed by atoms with Gasteiger partial charge in [-0.25, -0.2) is 9.78 Å². The van der Waals surface area contributed by atoms with Crippen LogP contribution in [0.1, 0.15) is 40.4 Å². The van der Waals surface area contributed by atoms with Gasteiger partial charge >= 0.3 is 5.97 Å². The highest BCUT2D eigenvalue weighted by Crippen LogP contribution is 2.55. The van der Waals surface area contributed by atoms with Crippen LogP contribution in [-0.2, 0) is 0 Å². The number of ether oxygens (including phenoxy) is 1. The number of thiazole rings is 1. The van der Waals surface area contributed by atoms with Crippen molar-refractivity contribution in [3.05, 3.63) is 57.5 Å². The number of piperidine rings is 1. The minimum atomic E-state index is -0.980. The molecule has 2 saturated carbocycles. The number of aromatic nitrogens is 3. The van der Waals surface area contributed by atoms with Crippen LogP contribution in [0.2, 0.25) is 10.0 Å². The fraction of sp³-hybridized carbons (Fsp3) is 0.333. The van der Waals surface area contributed by atoms with Crippen LogP contribution in [0.4, 0.5) is 5.13 Å². The van der Waals surface area contributed by atoms with E-state index in [0.717, 1.165) is 47.1 Å². The molecule has 2 atom stereocenters. The topological polar surface area (TPSA) is 102 Å². The fourth-order valence-corrected chi connectivity index (χ4v) is 7.14. The van der Waals surface area contributed by atoms with Crippen LogP contribution < -0.4 is 9.64 Å². The first-order valence-electron chi connectivity index (χ1n) is 12.4. The van der Waals surface area contributed by atoms with Crippen LogP contribution in [-0.4, -0.2) is 46.4 Å².